The van der Waals surface area contributed by atoms with Gasteiger partial charge >= 0.3 is 122 Å². The van der Waals surface area contributed by atoms with Gasteiger partial charge in [-0.3, -0.25) is 29.5 Å². The first-order valence-electron chi connectivity index (χ1n) is 40.0. The number of anilines is 2. The summed E-state index contributed by atoms with van der Waals surface area (Å²) in [6.45, 7) is 13.4. The molecule has 10 aromatic heterocycles. The number of halogens is 16. The average molecular weight is 2830 g/mol. The van der Waals surface area contributed by atoms with E-state index in [0.717, 1.165) is 42.2 Å². The molecule has 11 heterocycles. The molecule has 1 aliphatic heterocycles. The number of pyridine rings is 8. The molecule has 5 aromatic carbocycles. The first-order chi connectivity index (χ1) is 64.2. The maximum atomic E-state index is 14.4. The number of carbonyl (C=O) groups excluding carboxylic acids is 5. The zero-order valence-electron chi connectivity index (χ0n) is 77.5. The number of aromatic nitrogens is 10. The molecular weight excluding hydrogens is 2730 g/mol. The number of benzene rings is 5. The van der Waals surface area contributed by atoms with Crippen molar-refractivity contribution in [3.8, 4) is 55.9 Å². The van der Waals surface area contributed by atoms with Gasteiger partial charge in [0.05, 0.1) is 69.6 Å². The smallest absolute Gasteiger partial charge is 0.870 e. The largest absolute Gasteiger partial charge is 1.00 e. The summed E-state index contributed by atoms with van der Waals surface area (Å²) in [6, 6.07) is 45.6. The topological polar surface area (TPSA) is 365 Å². The fourth-order valence-electron chi connectivity index (χ4n) is 12.3. The number of hydrogen-bond acceptors (Lipinski definition) is 23. The molecule has 0 saturated carbocycles. The number of Topliss-reactive ketones (excluding diaryl/α,β-unsaturated/α-hetero) is 2. The summed E-state index contributed by atoms with van der Waals surface area (Å²) in [5.74, 6) is -2.22. The predicted octanol–water partition coefficient (Wildman–Crippen LogP) is 21.4. The van der Waals surface area contributed by atoms with Gasteiger partial charge in [-0.1, -0.05) is 192 Å². The molecule has 0 amide bonds. The summed E-state index contributed by atoms with van der Waals surface area (Å²) < 4.78 is 108. The van der Waals surface area contributed by atoms with E-state index in [0.29, 0.717) is 113 Å². The molecule has 1 saturated heterocycles. The van der Waals surface area contributed by atoms with E-state index in [1.807, 2.05) is 84.2 Å². The second kappa shape index (κ2) is 65.6. The van der Waals surface area contributed by atoms with E-state index in [2.05, 4.69) is 193 Å². The number of nitrogens with zero attached hydrogens (tertiary/aromatic N) is 10. The Bertz CT molecular complexity index is 6620. The van der Waals surface area contributed by atoms with Crippen LogP contribution in [0.3, 0.4) is 0 Å². The number of ketones is 2. The van der Waals surface area contributed by atoms with Gasteiger partial charge < -0.3 is 64.3 Å². The van der Waals surface area contributed by atoms with Crippen molar-refractivity contribution >= 4 is 257 Å². The van der Waals surface area contributed by atoms with Crippen LogP contribution < -0.4 is 120 Å². The normalized spacial score (nSPS) is 12.0. The molecule has 0 spiro atoms. The zero-order valence-corrected chi connectivity index (χ0v) is 103. The van der Waals surface area contributed by atoms with Gasteiger partial charge in [0.2, 0.25) is 0 Å². The van der Waals surface area contributed by atoms with E-state index < -0.39 is 29.0 Å². The summed E-state index contributed by atoms with van der Waals surface area (Å²) in [4.78, 5) is 89.7. The second-order valence-electron chi connectivity index (χ2n) is 30.3. The van der Waals surface area contributed by atoms with Gasteiger partial charge in [0, 0.05) is 183 Å². The molecule has 0 aliphatic carbocycles. The number of alkyl halides is 3. The Labute approximate surface area is 1030 Å². The minimum atomic E-state index is -0.620. The molecule has 2 atom stereocenters. The van der Waals surface area contributed by atoms with Gasteiger partial charge in [-0.25, -0.2) is 51.5 Å². The van der Waals surface area contributed by atoms with Gasteiger partial charge in [-0.2, -0.15) is 0 Å². The summed E-state index contributed by atoms with van der Waals surface area (Å²) in [7, 11) is 5.48. The third-order valence-electron chi connectivity index (χ3n) is 20.6. The molecule has 1 fully saturated rings. The van der Waals surface area contributed by atoms with E-state index >= 15 is 0 Å². The predicted molar refractivity (Wildman–Crippen MR) is 600 cm³/mol. The molecule has 144 heavy (non-hydrogen) atoms. The minimum Gasteiger partial charge on any atom is -0.870 e. The Hall–Kier alpha value is -5.54. The molecule has 1 aliphatic rings. The van der Waals surface area contributed by atoms with Crippen LogP contribution in [0.2, 0.25) is 0 Å². The Kier molecular flexibility index (Phi) is 63.1. The van der Waals surface area contributed by atoms with Crippen LogP contribution in [0.15, 0.2) is 277 Å². The first kappa shape index (κ1) is 138. The molecule has 16 rings (SSSR count). The molecule has 6 N–H and O–H groups in total. The van der Waals surface area contributed by atoms with Gasteiger partial charge in [0.25, 0.3) is 0 Å². The van der Waals surface area contributed by atoms with E-state index in [1.165, 1.54) is 69.9 Å². The van der Waals surface area contributed by atoms with Crippen LogP contribution in [-0.4, -0.2) is 152 Å². The van der Waals surface area contributed by atoms with Crippen molar-refractivity contribution in [2.75, 3.05) is 55.9 Å². The SMILES string of the molecule is C.C.C.CC(=O)c1cc(-c2cccnc2)c2nc(-c3ccc(Br)cc3F)cn2c1.CC1(C)OB(c2cccnc2)OC1(C)C.COC(=O)c1cnc(N)c(-c2cccnc2)c1.COC(=O)c1cnc(N)c(Br)c1.COC(C)(CBr)c1ccc(Br)cc1F.COC(C)(CBr)c1ccc(Br)cc1F.I.I.O=C(CBr)c1ccc(Br)cc1F.O=[C-]c1cc(-c2cccnc2)c2nc(-c3ccc(Br)cc3F)cn2c1.[K+].[K+].[OH-].[OH-]. The number of methoxy groups -OCH3 is 4. The summed E-state index contributed by atoms with van der Waals surface area (Å²) >= 11 is 28.8. The molecule has 25 nitrogen and oxygen atoms in total. The number of nitrogen functional groups attached to an aromatic ring is 2. The summed E-state index contributed by atoms with van der Waals surface area (Å²) in [6.07, 6.45) is 25.0. The molecule has 15 aromatic rings. The number of nitrogens with two attached hydrogens (primary N) is 2. The number of rotatable bonds is 18. The average Bonchev–Trinajstić information content (AvgIpc) is 1.63. The van der Waals surface area contributed by atoms with Gasteiger partial charge in [0.1, 0.15) is 63.2 Å². The third-order valence-corrected chi connectivity index (χ3v) is 26.3. The first-order valence-corrected chi connectivity index (χ1v) is 48.1. The monoisotopic (exact) mass is 2820 g/mol. The quantitative estimate of drug-likeness (QED) is 0.0153. The molecule has 0 radical (unpaired) electrons. The zero-order chi connectivity index (χ0) is 98.8. The van der Waals surface area contributed by atoms with Crippen molar-refractivity contribution in [2.45, 2.75) is 93.2 Å². The number of esters is 2. The standard InChI is InChI=1S/C20H13BrFN3O.C19H10BrFN3O.C12H11N3O2.C11H16BNO2.2C10H11Br2FO.C8H5Br2FO.C7H7BrN2O2.3CH4.2HI.2K.2H2O/c1-12(26)14-7-17(13-3-2-6-23-9-13)20-24-19(11-25(20)10-14)16-5-4-15(21)8-18(16)22;20-14-3-4-15(17(21)7-14)18-10-24-9-12(11-25)6-16(19(24)23-18)13-2-1-5-22-8-13;1-17-12(16)9-5-10(11(13)15-7-9)8-3-2-4-14-6-8;1-10(2)11(3,4)15-12(14-10)9-6-5-7-13-8-9;2*1-10(6-11,14-2)8-4-3-7(12)5-9(8)13;9-4-8(12)6-2-1-5(10)3-7(6)11;1-12-7(11)4-2-5(8)6(9)10-3-4;;;;;;;;;/h2-11H,1H3;1-10H;2-7H,1H3,(H2,13,15);5-8H,1-4H3;2*3-5H,6H2,1-2H3;1-3H,4H2;2-3H,1H3,(H2,9,10);3*1H4;2*1H;;;2*1H2/q;-1;;;;;;;;;;;;2*+1;;/p-2. The Balaban J connectivity index is 0.00000164. The molecule has 2 unspecified atom stereocenters. The number of hydrogen-bond donors (Lipinski definition) is 2. The van der Waals surface area contributed by atoms with Crippen LogP contribution >= 0.6 is 191 Å². The Morgan fingerprint density at radius 1 is 0.458 bits per heavy atom. The van der Waals surface area contributed by atoms with Crippen LogP contribution in [0.1, 0.15) is 129 Å². The third kappa shape index (κ3) is 38.1. The van der Waals surface area contributed by atoms with Crippen molar-refractivity contribution < 1.29 is 188 Å². The van der Waals surface area contributed by atoms with Crippen LogP contribution in [0, 0.1) is 29.1 Å². The van der Waals surface area contributed by atoms with Gasteiger partial charge in [-0.05, 0) is 197 Å². The summed E-state index contributed by atoms with van der Waals surface area (Å²) in [5, 5.41) is 1.25. The van der Waals surface area contributed by atoms with Crippen molar-refractivity contribution in [3.05, 3.63) is 345 Å². The fourth-order valence-corrected chi connectivity index (χ4v) is 15.7. The van der Waals surface area contributed by atoms with Crippen LogP contribution in [0.5, 0.6) is 0 Å². The summed E-state index contributed by atoms with van der Waals surface area (Å²) in [5.41, 5.74) is 20.9. The minimum absolute atomic E-state index is 0. The second-order valence-corrected chi connectivity index (χ2v) is 37.4. The maximum Gasteiger partial charge on any atom is 1.00 e. The van der Waals surface area contributed by atoms with Gasteiger partial charge in [0.15, 0.2) is 11.6 Å². The van der Waals surface area contributed by atoms with Crippen LogP contribution in [0.4, 0.5) is 33.6 Å². The van der Waals surface area contributed by atoms with Crippen molar-refractivity contribution in [3.63, 3.8) is 0 Å². The molecule has 44 heteroatoms. The van der Waals surface area contributed by atoms with Crippen molar-refractivity contribution in [1.82, 2.24) is 48.7 Å². The number of imidazole rings is 2. The van der Waals surface area contributed by atoms with Crippen molar-refractivity contribution in [1.29, 1.82) is 0 Å². The Morgan fingerprint density at radius 2 is 0.826 bits per heavy atom. The fraction of sp³-hybridized carbons (Fsp3) is 0.210. The van der Waals surface area contributed by atoms with E-state index in [4.69, 9.17) is 30.2 Å². The molecule has 756 valence electrons. The van der Waals surface area contributed by atoms with E-state index in [9.17, 15) is 45.9 Å². The van der Waals surface area contributed by atoms with E-state index in [1.54, 1.807) is 188 Å². The van der Waals surface area contributed by atoms with Crippen molar-refractivity contribution in [2.24, 2.45) is 0 Å². The molecule has 0 bridgehead atoms. The number of fused-ring (bicyclic) bond motifs is 2. The van der Waals surface area contributed by atoms with Gasteiger partial charge in [-0.15, -0.1) is 59.6 Å². The van der Waals surface area contributed by atoms with E-state index in [-0.39, 0.29) is 248 Å². The molecular formula is C100H100BBr9F5I2K2N12O13-. The maximum absolute atomic E-state index is 14.4. The number of ether oxygens (including phenoxy) is 4. The Morgan fingerprint density at radius 3 is 1.18 bits per heavy atom. The van der Waals surface area contributed by atoms with Crippen LogP contribution in [-0.2, 0) is 44.3 Å². The van der Waals surface area contributed by atoms with Crippen LogP contribution in [0.25, 0.3) is 67.2 Å². The number of carbonyl (C=O) groups is 4.